The molecule has 5 unspecified atom stereocenters. The molecule has 3 fully saturated rings. The van der Waals surface area contributed by atoms with Crippen LogP contribution in [0.2, 0.25) is 0 Å². The monoisotopic (exact) mass is 215 g/mol. The fourth-order valence-corrected chi connectivity index (χ4v) is 4.58. The average Bonchev–Trinajstić information content (AvgIpc) is 2.77. The van der Waals surface area contributed by atoms with Crippen molar-refractivity contribution in [1.82, 2.24) is 9.97 Å². The maximum absolute atomic E-state index is 6.36. The van der Waals surface area contributed by atoms with Gasteiger partial charge >= 0.3 is 0 Å². The number of nitrogens with two attached hydrogens (primary N) is 1. The van der Waals surface area contributed by atoms with E-state index in [9.17, 15) is 0 Å². The predicted octanol–water partition coefficient (Wildman–Crippen LogP) is 1.77. The first kappa shape index (κ1) is 9.11. The van der Waals surface area contributed by atoms with Crippen LogP contribution in [0.5, 0.6) is 0 Å². The second-order valence-electron chi connectivity index (χ2n) is 5.76. The van der Waals surface area contributed by atoms with E-state index in [1.807, 2.05) is 12.4 Å². The molecule has 0 amide bonds. The predicted molar refractivity (Wildman–Crippen MR) is 60.3 cm³/mol. The maximum Gasteiger partial charge on any atom is 0.115 e. The number of hydrogen-bond acceptors (Lipinski definition) is 3. The van der Waals surface area contributed by atoms with Crippen LogP contribution in [0, 0.1) is 29.6 Å². The standard InChI is InChI=1S/C13H17N3/c14-13(9-4-15-6-16-5-9)12-10-7-1-2-8(3-7)11(10)12/h4-8,10-13H,1-3,14H2. The minimum absolute atomic E-state index is 0.180. The Balaban J connectivity index is 1.57. The zero-order valence-electron chi connectivity index (χ0n) is 9.29. The average molecular weight is 215 g/mol. The molecule has 3 aliphatic carbocycles. The molecule has 1 aromatic heterocycles. The second-order valence-corrected chi connectivity index (χ2v) is 5.76. The van der Waals surface area contributed by atoms with Crippen LogP contribution in [0.3, 0.4) is 0 Å². The number of hydrogen-bond donors (Lipinski definition) is 1. The van der Waals surface area contributed by atoms with Crippen LogP contribution in [0.25, 0.3) is 0 Å². The Kier molecular flexibility index (Phi) is 1.73. The molecule has 2 N–H and O–H groups in total. The van der Waals surface area contributed by atoms with Crippen molar-refractivity contribution >= 4 is 0 Å². The van der Waals surface area contributed by atoms with Gasteiger partial charge in [0.1, 0.15) is 6.33 Å². The first-order chi connectivity index (χ1) is 7.86. The van der Waals surface area contributed by atoms with Crippen molar-refractivity contribution in [3.05, 3.63) is 24.3 Å². The van der Waals surface area contributed by atoms with Crippen molar-refractivity contribution in [1.29, 1.82) is 0 Å². The Morgan fingerprint density at radius 1 is 1.12 bits per heavy atom. The van der Waals surface area contributed by atoms with E-state index in [1.165, 1.54) is 19.3 Å². The van der Waals surface area contributed by atoms with Gasteiger partial charge in [-0.1, -0.05) is 0 Å². The molecule has 0 aliphatic heterocycles. The molecule has 0 aromatic carbocycles. The summed E-state index contributed by atoms with van der Waals surface area (Å²) in [5, 5.41) is 0. The van der Waals surface area contributed by atoms with Gasteiger partial charge in [0.2, 0.25) is 0 Å². The molecule has 84 valence electrons. The van der Waals surface area contributed by atoms with Crippen molar-refractivity contribution in [3.63, 3.8) is 0 Å². The molecule has 0 radical (unpaired) electrons. The summed E-state index contributed by atoms with van der Waals surface area (Å²) in [5.74, 6) is 4.60. The summed E-state index contributed by atoms with van der Waals surface area (Å²) in [6.07, 6.45) is 9.75. The molecule has 3 heteroatoms. The lowest BCUT2D eigenvalue weighted by Gasteiger charge is -2.15. The highest BCUT2D eigenvalue weighted by Crippen LogP contribution is 2.71. The summed E-state index contributed by atoms with van der Waals surface area (Å²) in [6.45, 7) is 0. The van der Waals surface area contributed by atoms with E-state index >= 15 is 0 Å². The molecule has 3 saturated carbocycles. The smallest absolute Gasteiger partial charge is 0.115 e. The summed E-state index contributed by atoms with van der Waals surface area (Å²) in [5.41, 5.74) is 7.49. The Bertz CT molecular complexity index is 389. The third-order valence-electron chi connectivity index (χ3n) is 5.17. The van der Waals surface area contributed by atoms with Gasteiger partial charge in [-0.05, 0) is 48.9 Å². The Morgan fingerprint density at radius 2 is 1.75 bits per heavy atom. The molecule has 3 nitrogen and oxygen atoms in total. The largest absolute Gasteiger partial charge is 0.324 e. The van der Waals surface area contributed by atoms with Crippen molar-refractivity contribution in [2.24, 2.45) is 35.3 Å². The molecule has 0 spiro atoms. The maximum atomic E-state index is 6.36. The lowest BCUT2D eigenvalue weighted by atomic mass is 9.95. The van der Waals surface area contributed by atoms with Crippen LogP contribution in [-0.4, -0.2) is 9.97 Å². The molecule has 16 heavy (non-hydrogen) atoms. The van der Waals surface area contributed by atoms with Gasteiger partial charge in [0.25, 0.3) is 0 Å². The van der Waals surface area contributed by atoms with Gasteiger partial charge in [-0.2, -0.15) is 0 Å². The quantitative estimate of drug-likeness (QED) is 0.818. The highest BCUT2D eigenvalue weighted by atomic mass is 14.8. The van der Waals surface area contributed by atoms with Gasteiger partial charge in [0.05, 0.1) is 0 Å². The molecular formula is C13H17N3. The third-order valence-corrected chi connectivity index (χ3v) is 5.17. The topological polar surface area (TPSA) is 51.8 Å². The highest BCUT2D eigenvalue weighted by Gasteiger charge is 2.66. The minimum atomic E-state index is 0.180. The van der Waals surface area contributed by atoms with Gasteiger partial charge in [-0.3, -0.25) is 0 Å². The van der Waals surface area contributed by atoms with E-state index in [0.717, 1.165) is 35.2 Å². The lowest BCUT2D eigenvalue weighted by molar-refractivity contribution is 0.416. The molecule has 2 bridgehead atoms. The van der Waals surface area contributed by atoms with Crippen LogP contribution < -0.4 is 5.73 Å². The van der Waals surface area contributed by atoms with E-state index < -0.39 is 0 Å². The third kappa shape index (κ3) is 1.07. The van der Waals surface area contributed by atoms with Gasteiger partial charge in [0, 0.05) is 24.0 Å². The summed E-state index contributed by atoms with van der Waals surface area (Å²) in [7, 11) is 0. The van der Waals surface area contributed by atoms with E-state index in [-0.39, 0.29) is 6.04 Å². The normalized spacial score (nSPS) is 45.4. The highest BCUT2D eigenvalue weighted by molar-refractivity contribution is 5.21. The fourth-order valence-electron chi connectivity index (χ4n) is 4.58. The van der Waals surface area contributed by atoms with Gasteiger partial charge in [-0.25, -0.2) is 9.97 Å². The van der Waals surface area contributed by atoms with Crippen LogP contribution in [0.15, 0.2) is 18.7 Å². The van der Waals surface area contributed by atoms with E-state index in [2.05, 4.69) is 9.97 Å². The van der Waals surface area contributed by atoms with Crippen molar-refractivity contribution in [2.45, 2.75) is 25.3 Å². The molecule has 0 saturated heterocycles. The molecule has 1 aromatic rings. The molecule has 1 heterocycles. The Hall–Kier alpha value is -0.960. The van der Waals surface area contributed by atoms with Crippen LogP contribution >= 0.6 is 0 Å². The van der Waals surface area contributed by atoms with Crippen LogP contribution in [0.1, 0.15) is 30.9 Å². The van der Waals surface area contributed by atoms with E-state index in [4.69, 9.17) is 5.73 Å². The van der Waals surface area contributed by atoms with Gasteiger partial charge < -0.3 is 5.73 Å². The zero-order chi connectivity index (χ0) is 10.7. The van der Waals surface area contributed by atoms with Crippen LogP contribution in [-0.2, 0) is 0 Å². The number of rotatable bonds is 2. The molecule has 3 aliphatic rings. The van der Waals surface area contributed by atoms with Gasteiger partial charge in [0.15, 0.2) is 0 Å². The minimum Gasteiger partial charge on any atom is -0.324 e. The SMILES string of the molecule is NC(c1cncnc1)C1C2C3CCC(C3)C21. The summed E-state index contributed by atoms with van der Waals surface area (Å²) >= 11 is 0. The fraction of sp³-hybridized carbons (Fsp3) is 0.692. The van der Waals surface area contributed by atoms with Gasteiger partial charge in [-0.15, -0.1) is 0 Å². The zero-order valence-corrected chi connectivity index (χ0v) is 9.29. The van der Waals surface area contributed by atoms with E-state index in [1.54, 1.807) is 6.33 Å². The van der Waals surface area contributed by atoms with E-state index in [0.29, 0.717) is 0 Å². The first-order valence-electron chi connectivity index (χ1n) is 6.37. The number of aromatic nitrogens is 2. The first-order valence-corrected chi connectivity index (χ1v) is 6.37. The lowest BCUT2D eigenvalue weighted by Crippen LogP contribution is -2.17. The number of nitrogens with zero attached hydrogens (tertiary/aromatic N) is 2. The van der Waals surface area contributed by atoms with Crippen molar-refractivity contribution < 1.29 is 0 Å². The Labute approximate surface area is 95.5 Å². The molecular weight excluding hydrogens is 198 g/mol. The molecule has 4 rings (SSSR count). The number of fused-ring (bicyclic) bond motifs is 5. The second kappa shape index (κ2) is 3.04. The van der Waals surface area contributed by atoms with Crippen molar-refractivity contribution in [3.8, 4) is 0 Å². The summed E-state index contributed by atoms with van der Waals surface area (Å²) < 4.78 is 0. The summed E-state index contributed by atoms with van der Waals surface area (Å²) in [4.78, 5) is 8.14. The Morgan fingerprint density at radius 3 is 2.38 bits per heavy atom. The van der Waals surface area contributed by atoms with Crippen LogP contribution in [0.4, 0.5) is 0 Å². The van der Waals surface area contributed by atoms with Crippen molar-refractivity contribution in [2.75, 3.05) is 0 Å². The summed E-state index contributed by atoms with van der Waals surface area (Å²) in [6, 6.07) is 0.180. The molecule has 5 atom stereocenters.